The molecule has 4 rings (SSSR count). The molecule has 1 N–H and O–H groups in total. The van der Waals surface area contributed by atoms with Gasteiger partial charge in [-0.15, -0.1) is 0 Å². The lowest BCUT2D eigenvalue weighted by Crippen LogP contribution is -2.42. The summed E-state index contributed by atoms with van der Waals surface area (Å²) < 4.78 is 11.7. The predicted octanol–water partition coefficient (Wildman–Crippen LogP) is 3.03. The number of pyridine rings is 1. The maximum absolute atomic E-state index is 13.3. The Bertz CT molecular complexity index is 798. The lowest BCUT2D eigenvalue weighted by Gasteiger charge is -2.28. The maximum Gasteiger partial charge on any atom is 0.254 e. The summed E-state index contributed by atoms with van der Waals surface area (Å²) in [4.78, 5) is 19.4. The van der Waals surface area contributed by atoms with Gasteiger partial charge >= 0.3 is 0 Å². The van der Waals surface area contributed by atoms with Gasteiger partial charge in [-0.05, 0) is 57.0 Å². The molecule has 1 aromatic heterocycles. The number of nitrogens with zero attached hydrogens (tertiary/aromatic N) is 2. The zero-order valence-corrected chi connectivity index (χ0v) is 16.3. The Morgan fingerprint density at radius 3 is 2.89 bits per heavy atom. The molecule has 2 aliphatic heterocycles. The molecule has 6 heteroatoms. The Labute approximate surface area is 165 Å². The molecule has 0 spiro atoms. The molecule has 148 valence electrons. The van der Waals surface area contributed by atoms with Crippen LogP contribution in [0.3, 0.4) is 0 Å². The third-order valence-electron chi connectivity index (χ3n) is 5.50. The van der Waals surface area contributed by atoms with Crippen molar-refractivity contribution >= 4 is 5.91 Å². The van der Waals surface area contributed by atoms with E-state index in [-0.39, 0.29) is 11.9 Å². The maximum atomic E-state index is 13.3. The van der Waals surface area contributed by atoms with Crippen molar-refractivity contribution in [2.75, 3.05) is 19.7 Å². The Hall–Kier alpha value is -2.60. The standard InChI is InChI=1S/C22H27N3O3/c1-2-27-21-12-17(5-8-20(21)28-15-16-4-3-10-23-13-16)22(26)25-18-6-7-19(25)14-24-11-9-18/h3-5,8,10,12-13,18-19,24H,2,6-7,9,11,14-15H2,1H3. The molecule has 0 saturated carbocycles. The molecule has 2 saturated heterocycles. The van der Waals surface area contributed by atoms with Gasteiger partial charge in [0.25, 0.3) is 5.91 Å². The largest absolute Gasteiger partial charge is 0.490 e. The topological polar surface area (TPSA) is 63.7 Å². The number of nitrogens with one attached hydrogen (secondary N) is 1. The van der Waals surface area contributed by atoms with Crippen molar-refractivity contribution < 1.29 is 14.3 Å². The monoisotopic (exact) mass is 381 g/mol. The Morgan fingerprint density at radius 2 is 2.07 bits per heavy atom. The van der Waals surface area contributed by atoms with Gasteiger partial charge in [0, 0.05) is 42.1 Å². The lowest BCUT2D eigenvalue weighted by atomic mass is 10.1. The van der Waals surface area contributed by atoms with Gasteiger partial charge in [0.05, 0.1) is 6.61 Å². The molecular weight excluding hydrogens is 354 g/mol. The smallest absolute Gasteiger partial charge is 0.254 e. The van der Waals surface area contributed by atoms with Gasteiger partial charge in [0.2, 0.25) is 0 Å². The molecule has 0 radical (unpaired) electrons. The summed E-state index contributed by atoms with van der Waals surface area (Å²) >= 11 is 0. The van der Waals surface area contributed by atoms with E-state index in [2.05, 4.69) is 15.2 Å². The third kappa shape index (κ3) is 3.97. The fourth-order valence-corrected chi connectivity index (χ4v) is 4.14. The number of amides is 1. The molecule has 2 bridgehead atoms. The summed E-state index contributed by atoms with van der Waals surface area (Å²) in [5, 5.41) is 3.44. The highest BCUT2D eigenvalue weighted by molar-refractivity contribution is 5.95. The Morgan fingerprint density at radius 1 is 1.18 bits per heavy atom. The van der Waals surface area contributed by atoms with Crippen LogP contribution in [0.15, 0.2) is 42.7 Å². The first-order valence-corrected chi connectivity index (χ1v) is 10.1. The van der Waals surface area contributed by atoms with Crippen molar-refractivity contribution in [3.8, 4) is 11.5 Å². The van der Waals surface area contributed by atoms with Crippen LogP contribution in [-0.4, -0.2) is 47.6 Å². The number of hydrogen-bond donors (Lipinski definition) is 1. The molecule has 2 aliphatic rings. The van der Waals surface area contributed by atoms with Crippen LogP contribution < -0.4 is 14.8 Å². The zero-order valence-electron chi connectivity index (χ0n) is 16.3. The molecule has 2 unspecified atom stereocenters. The number of hydrogen-bond acceptors (Lipinski definition) is 5. The predicted molar refractivity (Wildman–Crippen MR) is 107 cm³/mol. The lowest BCUT2D eigenvalue weighted by molar-refractivity contribution is 0.0679. The second-order valence-electron chi connectivity index (χ2n) is 7.33. The first kappa shape index (κ1) is 18.7. The Balaban J connectivity index is 1.53. The summed E-state index contributed by atoms with van der Waals surface area (Å²) in [6.07, 6.45) is 6.71. The highest BCUT2D eigenvalue weighted by Gasteiger charge is 2.38. The van der Waals surface area contributed by atoms with E-state index in [1.165, 1.54) is 0 Å². The molecular formula is C22H27N3O3. The summed E-state index contributed by atoms with van der Waals surface area (Å²) in [6.45, 7) is 4.71. The van der Waals surface area contributed by atoms with E-state index in [0.29, 0.717) is 36.3 Å². The van der Waals surface area contributed by atoms with Gasteiger partial charge in [-0.2, -0.15) is 0 Å². The van der Waals surface area contributed by atoms with Gasteiger partial charge < -0.3 is 19.7 Å². The Kier molecular flexibility index (Phi) is 5.76. The van der Waals surface area contributed by atoms with E-state index < -0.39 is 0 Å². The van der Waals surface area contributed by atoms with Crippen LogP contribution in [-0.2, 0) is 6.61 Å². The molecule has 6 nitrogen and oxygen atoms in total. The highest BCUT2D eigenvalue weighted by Crippen LogP contribution is 2.33. The molecule has 0 aliphatic carbocycles. The second-order valence-corrected chi connectivity index (χ2v) is 7.33. The molecule has 1 aromatic carbocycles. The van der Waals surface area contributed by atoms with Crippen LogP contribution in [0.5, 0.6) is 11.5 Å². The van der Waals surface area contributed by atoms with Crippen LogP contribution in [0, 0.1) is 0 Å². The van der Waals surface area contributed by atoms with Crippen LogP contribution in [0.4, 0.5) is 0 Å². The number of aromatic nitrogens is 1. The van der Waals surface area contributed by atoms with Gasteiger partial charge in [-0.25, -0.2) is 0 Å². The van der Waals surface area contributed by atoms with Crippen molar-refractivity contribution in [1.29, 1.82) is 0 Å². The summed E-state index contributed by atoms with van der Waals surface area (Å²) in [6, 6.07) is 9.99. The van der Waals surface area contributed by atoms with Crippen molar-refractivity contribution in [2.45, 2.75) is 44.9 Å². The number of carbonyl (C=O) groups is 1. The number of rotatable bonds is 6. The van der Waals surface area contributed by atoms with E-state index in [1.54, 1.807) is 12.4 Å². The van der Waals surface area contributed by atoms with Crippen LogP contribution in [0.1, 0.15) is 42.1 Å². The molecule has 3 heterocycles. The summed E-state index contributed by atoms with van der Waals surface area (Å²) in [5.74, 6) is 1.34. The van der Waals surface area contributed by atoms with Gasteiger partial charge in [-0.1, -0.05) is 6.07 Å². The first-order chi connectivity index (χ1) is 13.8. The minimum Gasteiger partial charge on any atom is -0.490 e. The molecule has 2 atom stereocenters. The quantitative estimate of drug-likeness (QED) is 0.833. The highest BCUT2D eigenvalue weighted by atomic mass is 16.5. The number of ether oxygens (including phenoxy) is 2. The fourth-order valence-electron chi connectivity index (χ4n) is 4.14. The first-order valence-electron chi connectivity index (χ1n) is 10.1. The van der Waals surface area contributed by atoms with E-state index in [1.807, 2.05) is 37.3 Å². The molecule has 2 fully saturated rings. The van der Waals surface area contributed by atoms with Gasteiger partial charge in [0.1, 0.15) is 6.61 Å². The SMILES string of the molecule is CCOc1cc(C(=O)N2C3CCNCC2CC3)ccc1OCc1cccnc1. The minimum absolute atomic E-state index is 0.0935. The van der Waals surface area contributed by atoms with E-state index in [4.69, 9.17) is 9.47 Å². The van der Waals surface area contributed by atoms with E-state index in [9.17, 15) is 4.79 Å². The minimum atomic E-state index is 0.0935. The molecule has 28 heavy (non-hydrogen) atoms. The molecule has 2 aromatic rings. The van der Waals surface area contributed by atoms with Crippen molar-refractivity contribution in [3.05, 3.63) is 53.9 Å². The number of benzene rings is 1. The summed E-state index contributed by atoms with van der Waals surface area (Å²) in [5.41, 5.74) is 1.65. The van der Waals surface area contributed by atoms with Crippen LogP contribution >= 0.6 is 0 Å². The van der Waals surface area contributed by atoms with Crippen LogP contribution in [0.2, 0.25) is 0 Å². The second kappa shape index (κ2) is 8.61. The average molecular weight is 381 g/mol. The van der Waals surface area contributed by atoms with Crippen LogP contribution in [0.25, 0.3) is 0 Å². The third-order valence-corrected chi connectivity index (χ3v) is 5.50. The van der Waals surface area contributed by atoms with Crippen molar-refractivity contribution in [3.63, 3.8) is 0 Å². The average Bonchev–Trinajstić information content (AvgIpc) is 3.00. The van der Waals surface area contributed by atoms with Crippen molar-refractivity contribution in [1.82, 2.24) is 15.2 Å². The molecule has 1 amide bonds. The number of fused-ring (bicyclic) bond motifs is 2. The normalized spacial score (nSPS) is 21.2. The summed E-state index contributed by atoms with van der Waals surface area (Å²) in [7, 11) is 0. The zero-order chi connectivity index (χ0) is 19.3. The van der Waals surface area contributed by atoms with E-state index in [0.717, 1.165) is 37.9 Å². The van der Waals surface area contributed by atoms with E-state index >= 15 is 0 Å². The van der Waals surface area contributed by atoms with Gasteiger partial charge in [-0.3, -0.25) is 9.78 Å². The van der Waals surface area contributed by atoms with Gasteiger partial charge in [0.15, 0.2) is 11.5 Å². The fraction of sp³-hybridized carbons (Fsp3) is 0.455. The van der Waals surface area contributed by atoms with Crippen molar-refractivity contribution in [2.24, 2.45) is 0 Å². The number of carbonyl (C=O) groups excluding carboxylic acids is 1.